The maximum absolute atomic E-state index is 12.5. The molecule has 0 saturated carbocycles. The molecule has 0 unspecified atom stereocenters. The molecule has 0 saturated heterocycles. The standard InChI is InChI=1S/C22H23ClN4O/c1-14(2)16-8-10-18(11-9-16)26-22-25-15(3)12-20(27-22)21(28)24-13-17-6-4-5-7-19(17)23/h4-12,14H,13H2,1-3H3,(H,24,28)(H,25,26,27). The van der Waals surface area contributed by atoms with Gasteiger partial charge in [0.15, 0.2) is 0 Å². The number of nitrogens with one attached hydrogen (secondary N) is 2. The van der Waals surface area contributed by atoms with Gasteiger partial charge in [-0.15, -0.1) is 0 Å². The van der Waals surface area contributed by atoms with Gasteiger partial charge in [-0.05, 0) is 48.2 Å². The summed E-state index contributed by atoms with van der Waals surface area (Å²) in [5.74, 6) is 0.585. The normalized spacial score (nSPS) is 10.8. The zero-order chi connectivity index (χ0) is 20.1. The zero-order valence-electron chi connectivity index (χ0n) is 16.2. The molecule has 1 amide bonds. The van der Waals surface area contributed by atoms with Crippen LogP contribution in [0.5, 0.6) is 0 Å². The van der Waals surface area contributed by atoms with Crippen molar-refractivity contribution >= 4 is 29.1 Å². The van der Waals surface area contributed by atoms with E-state index in [2.05, 4.69) is 46.6 Å². The van der Waals surface area contributed by atoms with Gasteiger partial charge in [0.1, 0.15) is 5.69 Å². The van der Waals surface area contributed by atoms with E-state index in [0.29, 0.717) is 34.8 Å². The molecule has 0 aliphatic rings. The topological polar surface area (TPSA) is 66.9 Å². The van der Waals surface area contributed by atoms with Crippen LogP contribution in [0.1, 0.15) is 47.1 Å². The Kier molecular flexibility index (Phi) is 6.26. The lowest BCUT2D eigenvalue weighted by molar-refractivity contribution is 0.0946. The van der Waals surface area contributed by atoms with Crippen LogP contribution in [0.3, 0.4) is 0 Å². The van der Waals surface area contributed by atoms with Gasteiger partial charge in [0, 0.05) is 22.9 Å². The smallest absolute Gasteiger partial charge is 0.270 e. The number of hydrogen-bond donors (Lipinski definition) is 2. The second kappa shape index (κ2) is 8.85. The molecular formula is C22H23ClN4O. The van der Waals surface area contributed by atoms with Crippen molar-refractivity contribution in [1.29, 1.82) is 0 Å². The first-order valence-electron chi connectivity index (χ1n) is 9.16. The Hall–Kier alpha value is -2.92. The highest BCUT2D eigenvalue weighted by molar-refractivity contribution is 6.31. The van der Waals surface area contributed by atoms with Crippen LogP contribution >= 0.6 is 11.6 Å². The molecule has 5 nitrogen and oxygen atoms in total. The van der Waals surface area contributed by atoms with E-state index in [9.17, 15) is 4.79 Å². The molecule has 6 heteroatoms. The van der Waals surface area contributed by atoms with E-state index in [0.717, 1.165) is 11.3 Å². The maximum atomic E-state index is 12.5. The number of aryl methyl sites for hydroxylation is 1. The summed E-state index contributed by atoms with van der Waals surface area (Å²) in [5, 5.41) is 6.64. The molecule has 3 rings (SSSR count). The third-order valence-corrected chi connectivity index (χ3v) is 4.69. The number of carbonyl (C=O) groups excluding carboxylic acids is 1. The fourth-order valence-corrected chi connectivity index (χ4v) is 2.93. The third kappa shape index (κ3) is 5.08. The maximum Gasteiger partial charge on any atom is 0.270 e. The third-order valence-electron chi connectivity index (χ3n) is 4.32. The Labute approximate surface area is 170 Å². The molecule has 1 aromatic heterocycles. The fraction of sp³-hybridized carbons (Fsp3) is 0.227. The Morgan fingerprint density at radius 3 is 2.46 bits per heavy atom. The number of anilines is 2. The molecule has 28 heavy (non-hydrogen) atoms. The average Bonchev–Trinajstić information content (AvgIpc) is 2.67. The van der Waals surface area contributed by atoms with E-state index in [1.165, 1.54) is 5.56 Å². The van der Waals surface area contributed by atoms with E-state index in [4.69, 9.17) is 11.6 Å². The summed E-state index contributed by atoms with van der Waals surface area (Å²) in [6.07, 6.45) is 0. The summed E-state index contributed by atoms with van der Waals surface area (Å²) in [4.78, 5) is 21.3. The van der Waals surface area contributed by atoms with Crippen LogP contribution < -0.4 is 10.6 Å². The van der Waals surface area contributed by atoms with Gasteiger partial charge < -0.3 is 10.6 Å². The van der Waals surface area contributed by atoms with Gasteiger partial charge in [-0.1, -0.05) is 55.8 Å². The second-order valence-electron chi connectivity index (χ2n) is 6.89. The van der Waals surface area contributed by atoms with Crippen LogP contribution in [-0.2, 0) is 6.54 Å². The summed E-state index contributed by atoms with van der Waals surface area (Å²) in [5.41, 5.74) is 4.00. The summed E-state index contributed by atoms with van der Waals surface area (Å²) >= 11 is 6.14. The minimum absolute atomic E-state index is 0.274. The van der Waals surface area contributed by atoms with Crippen molar-refractivity contribution in [2.24, 2.45) is 0 Å². The molecule has 3 aromatic rings. The van der Waals surface area contributed by atoms with Gasteiger partial charge in [0.2, 0.25) is 5.95 Å². The van der Waals surface area contributed by atoms with Crippen molar-refractivity contribution in [2.45, 2.75) is 33.2 Å². The van der Waals surface area contributed by atoms with Gasteiger partial charge in [-0.25, -0.2) is 9.97 Å². The molecule has 2 aromatic carbocycles. The summed E-state index contributed by atoms with van der Waals surface area (Å²) in [6, 6.07) is 17.2. The summed E-state index contributed by atoms with van der Waals surface area (Å²) in [7, 11) is 0. The molecule has 0 bridgehead atoms. The minimum atomic E-state index is -0.274. The Balaban J connectivity index is 1.71. The lowest BCUT2D eigenvalue weighted by Crippen LogP contribution is -2.24. The Bertz CT molecular complexity index is 971. The number of halogens is 1. The monoisotopic (exact) mass is 394 g/mol. The predicted molar refractivity (Wildman–Crippen MR) is 113 cm³/mol. The van der Waals surface area contributed by atoms with Crippen molar-refractivity contribution in [3.05, 3.63) is 82.1 Å². The SMILES string of the molecule is Cc1cc(C(=O)NCc2ccccc2Cl)nc(Nc2ccc(C(C)C)cc2)n1. The number of benzene rings is 2. The predicted octanol–water partition coefficient (Wildman–Crippen LogP) is 5.24. The second-order valence-corrected chi connectivity index (χ2v) is 7.30. The number of aromatic nitrogens is 2. The van der Waals surface area contributed by atoms with E-state index >= 15 is 0 Å². The number of carbonyl (C=O) groups is 1. The fourth-order valence-electron chi connectivity index (χ4n) is 2.73. The number of nitrogens with zero attached hydrogens (tertiary/aromatic N) is 2. The van der Waals surface area contributed by atoms with Crippen LogP contribution in [0, 0.1) is 6.92 Å². The van der Waals surface area contributed by atoms with Gasteiger partial charge in [0.05, 0.1) is 0 Å². The highest BCUT2D eigenvalue weighted by Gasteiger charge is 2.11. The van der Waals surface area contributed by atoms with Crippen molar-refractivity contribution in [3.8, 4) is 0 Å². The van der Waals surface area contributed by atoms with Crippen LogP contribution in [0.4, 0.5) is 11.6 Å². The number of amides is 1. The molecule has 0 atom stereocenters. The van der Waals surface area contributed by atoms with E-state index in [1.807, 2.05) is 37.3 Å². The number of rotatable bonds is 6. The highest BCUT2D eigenvalue weighted by atomic mass is 35.5. The van der Waals surface area contributed by atoms with Crippen molar-refractivity contribution in [3.63, 3.8) is 0 Å². The molecule has 1 heterocycles. The Morgan fingerprint density at radius 2 is 1.79 bits per heavy atom. The van der Waals surface area contributed by atoms with Gasteiger partial charge in [0.25, 0.3) is 5.91 Å². The molecular weight excluding hydrogens is 372 g/mol. The van der Waals surface area contributed by atoms with E-state index < -0.39 is 0 Å². The van der Waals surface area contributed by atoms with Gasteiger partial charge >= 0.3 is 0 Å². The average molecular weight is 395 g/mol. The van der Waals surface area contributed by atoms with E-state index in [-0.39, 0.29) is 5.91 Å². The van der Waals surface area contributed by atoms with Crippen LogP contribution in [0.2, 0.25) is 5.02 Å². The lowest BCUT2D eigenvalue weighted by Gasteiger charge is -2.11. The summed E-state index contributed by atoms with van der Waals surface area (Å²) in [6.45, 7) is 6.47. The first-order chi connectivity index (χ1) is 13.4. The first kappa shape index (κ1) is 19.8. The van der Waals surface area contributed by atoms with Crippen LogP contribution in [0.15, 0.2) is 54.6 Å². The lowest BCUT2D eigenvalue weighted by atomic mass is 10.0. The van der Waals surface area contributed by atoms with Crippen molar-refractivity contribution in [1.82, 2.24) is 15.3 Å². The molecule has 0 aliphatic carbocycles. The Morgan fingerprint density at radius 1 is 1.07 bits per heavy atom. The number of hydrogen-bond acceptors (Lipinski definition) is 4. The van der Waals surface area contributed by atoms with Crippen molar-refractivity contribution in [2.75, 3.05) is 5.32 Å². The largest absolute Gasteiger partial charge is 0.347 e. The van der Waals surface area contributed by atoms with E-state index in [1.54, 1.807) is 12.1 Å². The van der Waals surface area contributed by atoms with Gasteiger partial charge in [-0.2, -0.15) is 0 Å². The molecule has 2 N–H and O–H groups in total. The molecule has 0 aliphatic heterocycles. The molecule has 0 radical (unpaired) electrons. The van der Waals surface area contributed by atoms with Crippen molar-refractivity contribution < 1.29 is 4.79 Å². The highest BCUT2D eigenvalue weighted by Crippen LogP contribution is 2.19. The minimum Gasteiger partial charge on any atom is -0.347 e. The quantitative estimate of drug-likeness (QED) is 0.600. The first-order valence-corrected chi connectivity index (χ1v) is 9.54. The van der Waals surface area contributed by atoms with Gasteiger partial charge in [-0.3, -0.25) is 4.79 Å². The molecule has 0 spiro atoms. The van der Waals surface area contributed by atoms with Crippen LogP contribution in [-0.4, -0.2) is 15.9 Å². The summed E-state index contributed by atoms with van der Waals surface area (Å²) < 4.78 is 0. The zero-order valence-corrected chi connectivity index (χ0v) is 16.9. The molecule has 144 valence electrons. The molecule has 0 fully saturated rings. The van der Waals surface area contributed by atoms with Crippen LogP contribution in [0.25, 0.3) is 0 Å².